The van der Waals surface area contributed by atoms with Crippen LogP contribution >= 0.6 is 23.2 Å². The summed E-state index contributed by atoms with van der Waals surface area (Å²) in [5, 5.41) is 1.15. The Kier molecular flexibility index (Phi) is 5.32. The summed E-state index contributed by atoms with van der Waals surface area (Å²) in [6.07, 6.45) is 3.53. The van der Waals surface area contributed by atoms with Crippen LogP contribution in [0.25, 0.3) is 0 Å². The molecule has 3 nitrogen and oxygen atoms in total. The lowest BCUT2D eigenvalue weighted by Gasteiger charge is -2.44. The van der Waals surface area contributed by atoms with Crippen LogP contribution in [-0.2, 0) is 0 Å². The second-order valence-electron chi connectivity index (χ2n) is 5.68. The van der Waals surface area contributed by atoms with Crippen molar-refractivity contribution in [1.82, 2.24) is 10.3 Å². The molecule has 1 saturated heterocycles. The highest BCUT2D eigenvalue weighted by Crippen LogP contribution is 2.37. The summed E-state index contributed by atoms with van der Waals surface area (Å²) < 4.78 is 0. The van der Waals surface area contributed by atoms with E-state index in [-0.39, 0.29) is 11.6 Å². The van der Waals surface area contributed by atoms with Crippen LogP contribution in [0.4, 0.5) is 0 Å². The Bertz CT molecular complexity index is 460. The van der Waals surface area contributed by atoms with Gasteiger partial charge in [0.2, 0.25) is 0 Å². The van der Waals surface area contributed by atoms with Crippen LogP contribution in [0.1, 0.15) is 44.7 Å². The Hall–Kier alpha value is -0.320. The van der Waals surface area contributed by atoms with Crippen molar-refractivity contribution in [2.75, 3.05) is 13.1 Å². The molecule has 1 fully saturated rings. The number of rotatable bonds is 5. The van der Waals surface area contributed by atoms with E-state index in [0.717, 1.165) is 25.1 Å². The van der Waals surface area contributed by atoms with Crippen LogP contribution in [0.3, 0.4) is 0 Å². The van der Waals surface area contributed by atoms with Crippen molar-refractivity contribution in [3.8, 4) is 0 Å². The lowest BCUT2D eigenvalue weighted by atomic mass is 9.83. The van der Waals surface area contributed by atoms with Crippen LogP contribution in [0.5, 0.6) is 0 Å². The number of halogens is 2. The summed E-state index contributed by atoms with van der Waals surface area (Å²) >= 11 is 12.2. The fraction of sp³-hybridized carbons (Fsp3) is 0.600. The van der Waals surface area contributed by atoms with Gasteiger partial charge in [0.15, 0.2) is 0 Å². The van der Waals surface area contributed by atoms with E-state index >= 15 is 0 Å². The average molecular weight is 316 g/mol. The third kappa shape index (κ3) is 2.97. The summed E-state index contributed by atoms with van der Waals surface area (Å²) in [5.74, 6) is 5.87. The van der Waals surface area contributed by atoms with E-state index in [4.69, 9.17) is 29.0 Å². The van der Waals surface area contributed by atoms with Gasteiger partial charge in [0.05, 0.1) is 16.1 Å². The maximum Gasteiger partial charge on any atom is 0.0641 e. The zero-order valence-corrected chi connectivity index (χ0v) is 13.6. The van der Waals surface area contributed by atoms with Crippen LogP contribution in [0.2, 0.25) is 10.0 Å². The molecule has 2 rings (SSSR count). The summed E-state index contributed by atoms with van der Waals surface area (Å²) in [6.45, 7) is 6.74. The minimum Gasteiger partial charge on any atom is -0.296 e. The molecule has 20 heavy (non-hydrogen) atoms. The minimum absolute atomic E-state index is 0.0254. The van der Waals surface area contributed by atoms with E-state index in [2.05, 4.69) is 24.2 Å². The van der Waals surface area contributed by atoms with Gasteiger partial charge in [-0.05, 0) is 57.0 Å². The molecule has 1 aliphatic rings. The SMILES string of the molecule is CCC(C)(C(NN)c1ccc(Cl)c(Cl)c1)N1CCCC1. The van der Waals surface area contributed by atoms with Gasteiger partial charge < -0.3 is 0 Å². The van der Waals surface area contributed by atoms with E-state index in [1.807, 2.05) is 18.2 Å². The quantitative estimate of drug-likeness (QED) is 0.642. The molecule has 3 N–H and O–H groups in total. The molecular formula is C15H23Cl2N3. The third-order valence-electron chi connectivity index (χ3n) is 4.61. The number of nitrogens with one attached hydrogen (secondary N) is 1. The van der Waals surface area contributed by atoms with Crippen molar-refractivity contribution >= 4 is 23.2 Å². The lowest BCUT2D eigenvalue weighted by molar-refractivity contribution is 0.0840. The zero-order valence-electron chi connectivity index (χ0n) is 12.1. The van der Waals surface area contributed by atoms with Gasteiger partial charge >= 0.3 is 0 Å². The fourth-order valence-electron chi connectivity index (χ4n) is 3.17. The molecule has 5 heteroatoms. The van der Waals surface area contributed by atoms with E-state index in [0.29, 0.717) is 10.0 Å². The van der Waals surface area contributed by atoms with Crippen molar-refractivity contribution in [2.45, 2.75) is 44.7 Å². The minimum atomic E-state index is -0.0254. The van der Waals surface area contributed by atoms with Crippen molar-refractivity contribution in [3.05, 3.63) is 33.8 Å². The molecule has 1 heterocycles. The first-order valence-electron chi connectivity index (χ1n) is 7.19. The molecule has 0 bridgehead atoms. The van der Waals surface area contributed by atoms with E-state index in [9.17, 15) is 0 Å². The second-order valence-corrected chi connectivity index (χ2v) is 6.49. The number of nitrogens with two attached hydrogens (primary N) is 1. The summed E-state index contributed by atoms with van der Waals surface area (Å²) in [4.78, 5) is 2.53. The zero-order chi connectivity index (χ0) is 14.8. The molecule has 0 radical (unpaired) electrons. The van der Waals surface area contributed by atoms with Crippen LogP contribution in [0.15, 0.2) is 18.2 Å². The van der Waals surface area contributed by atoms with Gasteiger partial charge in [0.25, 0.3) is 0 Å². The first-order chi connectivity index (χ1) is 9.52. The molecule has 2 atom stereocenters. The van der Waals surface area contributed by atoms with Gasteiger partial charge in [-0.2, -0.15) is 0 Å². The predicted molar refractivity (Wildman–Crippen MR) is 86.0 cm³/mol. The molecule has 1 aliphatic heterocycles. The smallest absolute Gasteiger partial charge is 0.0641 e. The number of benzene rings is 1. The number of nitrogens with zero attached hydrogens (tertiary/aromatic N) is 1. The Balaban J connectivity index is 2.35. The largest absolute Gasteiger partial charge is 0.296 e. The maximum atomic E-state index is 6.15. The highest BCUT2D eigenvalue weighted by molar-refractivity contribution is 6.42. The average Bonchev–Trinajstić information content (AvgIpc) is 2.98. The highest BCUT2D eigenvalue weighted by atomic mass is 35.5. The number of likely N-dealkylation sites (tertiary alicyclic amines) is 1. The first-order valence-corrected chi connectivity index (χ1v) is 7.94. The van der Waals surface area contributed by atoms with E-state index in [1.165, 1.54) is 12.8 Å². The molecular weight excluding hydrogens is 293 g/mol. The van der Waals surface area contributed by atoms with Gasteiger partial charge in [-0.25, -0.2) is 0 Å². The van der Waals surface area contributed by atoms with Crippen LogP contribution in [0, 0.1) is 0 Å². The van der Waals surface area contributed by atoms with Crippen LogP contribution in [-0.4, -0.2) is 23.5 Å². The molecule has 112 valence electrons. The highest BCUT2D eigenvalue weighted by Gasteiger charge is 2.39. The number of hydrazine groups is 1. The van der Waals surface area contributed by atoms with Gasteiger partial charge in [-0.15, -0.1) is 0 Å². The Morgan fingerprint density at radius 2 is 1.95 bits per heavy atom. The molecule has 1 aromatic rings. The maximum absolute atomic E-state index is 6.15. The predicted octanol–water partition coefficient (Wildman–Crippen LogP) is 3.76. The Labute approximate surface area is 131 Å². The molecule has 0 spiro atoms. The van der Waals surface area contributed by atoms with Crippen molar-refractivity contribution in [2.24, 2.45) is 5.84 Å². The van der Waals surface area contributed by atoms with E-state index < -0.39 is 0 Å². The molecule has 0 saturated carbocycles. The van der Waals surface area contributed by atoms with Gasteiger partial charge in [-0.1, -0.05) is 36.2 Å². The van der Waals surface area contributed by atoms with E-state index in [1.54, 1.807) is 0 Å². The molecule has 0 amide bonds. The molecule has 0 aromatic heterocycles. The first kappa shape index (κ1) is 16.1. The standard InChI is InChI=1S/C15H23Cl2N3/c1-3-15(2,20-8-4-5-9-20)14(19-18)11-6-7-12(16)13(17)10-11/h6-7,10,14,19H,3-5,8-9,18H2,1-2H3. The van der Waals surface area contributed by atoms with Gasteiger partial charge in [-0.3, -0.25) is 16.2 Å². The Morgan fingerprint density at radius 1 is 1.30 bits per heavy atom. The second kappa shape index (κ2) is 6.63. The van der Waals surface area contributed by atoms with Gasteiger partial charge in [0.1, 0.15) is 0 Å². The van der Waals surface area contributed by atoms with Crippen molar-refractivity contribution in [1.29, 1.82) is 0 Å². The summed E-state index contributed by atoms with van der Waals surface area (Å²) in [7, 11) is 0. The summed E-state index contributed by atoms with van der Waals surface area (Å²) in [5.41, 5.74) is 4.05. The topological polar surface area (TPSA) is 41.3 Å². The monoisotopic (exact) mass is 315 g/mol. The van der Waals surface area contributed by atoms with Gasteiger partial charge in [0, 0.05) is 5.54 Å². The summed E-state index contributed by atoms with van der Waals surface area (Å²) in [6, 6.07) is 5.78. The normalized spacial score (nSPS) is 20.9. The van der Waals surface area contributed by atoms with Crippen molar-refractivity contribution < 1.29 is 0 Å². The molecule has 1 aromatic carbocycles. The molecule has 0 aliphatic carbocycles. The van der Waals surface area contributed by atoms with Crippen molar-refractivity contribution in [3.63, 3.8) is 0 Å². The molecule has 2 unspecified atom stereocenters. The van der Waals surface area contributed by atoms with Crippen LogP contribution < -0.4 is 11.3 Å². The number of hydrogen-bond donors (Lipinski definition) is 2. The lowest BCUT2D eigenvalue weighted by Crippen LogP contribution is -2.54. The number of hydrogen-bond acceptors (Lipinski definition) is 3. The fourth-order valence-corrected chi connectivity index (χ4v) is 3.47. The third-order valence-corrected chi connectivity index (χ3v) is 5.35. The Morgan fingerprint density at radius 3 is 2.45 bits per heavy atom.